The fourth-order valence-corrected chi connectivity index (χ4v) is 1.74. The van der Waals surface area contributed by atoms with Crippen molar-refractivity contribution in [1.29, 1.82) is 0 Å². The van der Waals surface area contributed by atoms with Crippen LogP contribution in [-0.4, -0.2) is 18.2 Å². The van der Waals surface area contributed by atoms with Crippen LogP contribution in [0.5, 0.6) is 0 Å². The number of benzene rings is 1. The van der Waals surface area contributed by atoms with Gasteiger partial charge in [0.1, 0.15) is 5.60 Å². The molecule has 0 aliphatic heterocycles. The molecule has 7 heteroatoms. The van der Waals surface area contributed by atoms with E-state index in [1.165, 1.54) is 25.1 Å². The Bertz CT molecular complexity index is 447. The molecule has 0 radical (unpaired) electrons. The minimum absolute atomic E-state index is 0.0881. The van der Waals surface area contributed by atoms with Gasteiger partial charge in [0.05, 0.1) is 16.9 Å². The molecule has 1 rings (SSSR count). The zero-order valence-electron chi connectivity index (χ0n) is 9.82. The Kier molecular flexibility index (Phi) is 3.95. The summed E-state index contributed by atoms with van der Waals surface area (Å²) in [6.07, 6.45) is -5.77. The van der Waals surface area contributed by atoms with Gasteiger partial charge in [-0.05, 0) is 13.0 Å². The highest BCUT2D eigenvalue weighted by atomic mass is 19.4. The second kappa shape index (κ2) is 4.93. The molecule has 1 unspecified atom stereocenters. The monoisotopic (exact) mass is 263 g/mol. The number of methoxy groups -OCH3 is 1. The van der Waals surface area contributed by atoms with Crippen LogP contribution in [0.25, 0.3) is 0 Å². The number of alkyl halides is 3. The Morgan fingerprint density at radius 3 is 2.33 bits per heavy atom. The van der Waals surface area contributed by atoms with E-state index in [0.717, 1.165) is 13.2 Å². The van der Waals surface area contributed by atoms with Crippen LogP contribution < -0.4 is 0 Å². The van der Waals surface area contributed by atoms with E-state index in [2.05, 4.69) is 0 Å². The van der Waals surface area contributed by atoms with E-state index >= 15 is 0 Å². The van der Waals surface area contributed by atoms with Crippen LogP contribution in [0.15, 0.2) is 24.3 Å². The number of para-hydroxylation sites is 1. The quantitative estimate of drug-likeness (QED) is 0.617. The first-order chi connectivity index (χ1) is 8.19. The van der Waals surface area contributed by atoms with Gasteiger partial charge in [0.2, 0.25) is 0 Å². The van der Waals surface area contributed by atoms with E-state index in [1.807, 2.05) is 0 Å². The summed E-state index contributed by atoms with van der Waals surface area (Å²) in [5.41, 5.74) is -2.25. The molecule has 0 fully saturated rings. The van der Waals surface area contributed by atoms with Crippen LogP contribution in [0.3, 0.4) is 0 Å². The summed E-state index contributed by atoms with van der Waals surface area (Å²) >= 11 is 0. The molecule has 0 bridgehead atoms. The largest absolute Gasteiger partial charge is 0.392 e. The number of halogens is 3. The van der Waals surface area contributed by atoms with Gasteiger partial charge in [-0.25, -0.2) is 0 Å². The smallest absolute Gasteiger partial charge is 0.373 e. The first-order valence-corrected chi connectivity index (χ1v) is 5.05. The molecular formula is C11H12F3NO3. The maximum Gasteiger partial charge on any atom is 0.392 e. The maximum absolute atomic E-state index is 12.5. The summed E-state index contributed by atoms with van der Waals surface area (Å²) in [7, 11) is 1.10. The standard InChI is InChI=1S/C11H12F3NO3/c1-10(18-2,7-11(12,13)14)8-5-3-4-6-9(8)15(16)17/h3-6H,7H2,1-2H3. The molecule has 0 aliphatic rings. The van der Waals surface area contributed by atoms with Crippen molar-refractivity contribution in [2.45, 2.75) is 25.1 Å². The number of nitro groups is 1. The Morgan fingerprint density at radius 2 is 1.89 bits per heavy atom. The minimum atomic E-state index is -4.48. The summed E-state index contributed by atoms with van der Waals surface area (Å²) in [4.78, 5) is 10.1. The number of ether oxygens (including phenoxy) is 1. The summed E-state index contributed by atoms with van der Waals surface area (Å²) in [6, 6.07) is 5.26. The lowest BCUT2D eigenvalue weighted by Gasteiger charge is -2.29. The fraction of sp³-hybridized carbons (Fsp3) is 0.455. The number of nitro benzene ring substituents is 1. The van der Waals surface area contributed by atoms with Gasteiger partial charge >= 0.3 is 6.18 Å². The van der Waals surface area contributed by atoms with Gasteiger partial charge in [-0.3, -0.25) is 10.1 Å². The topological polar surface area (TPSA) is 52.4 Å². The SMILES string of the molecule is COC(C)(CC(F)(F)F)c1ccccc1[N+](=O)[O-]. The van der Waals surface area contributed by atoms with Crippen LogP contribution >= 0.6 is 0 Å². The summed E-state index contributed by atoms with van der Waals surface area (Å²) in [6.45, 7) is 1.18. The summed E-state index contributed by atoms with van der Waals surface area (Å²) < 4.78 is 42.4. The highest BCUT2D eigenvalue weighted by Crippen LogP contribution is 2.40. The Labute approximate surface area is 102 Å². The second-order valence-electron chi connectivity index (χ2n) is 4.00. The molecule has 0 amide bonds. The molecule has 4 nitrogen and oxygen atoms in total. The molecule has 18 heavy (non-hydrogen) atoms. The first kappa shape index (κ1) is 14.4. The highest BCUT2D eigenvalue weighted by Gasteiger charge is 2.43. The lowest BCUT2D eigenvalue weighted by molar-refractivity contribution is -0.387. The Hall–Kier alpha value is -1.63. The van der Waals surface area contributed by atoms with Crippen LogP contribution in [0.4, 0.5) is 18.9 Å². The summed E-state index contributed by atoms with van der Waals surface area (Å²) in [5, 5.41) is 10.8. The molecule has 1 aromatic carbocycles. The van der Waals surface area contributed by atoms with Gasteiger partial charge in [0.15, 0.2) is 0 Å². The van der Waals surface area contributed by atoms with Crippen LogP contribution in [0, 0.1) is 10.1 Å². The highest BCUT2D eigenvalue weighted by molar-refractivity contribution is 5.43. The molecule has 0 N–H and O–H groups in total. The van der Waals surface area contributed by atoms with Gasteiger partial charge in [-0.2, -0.15) is 13.2 Å². The van der Waals surface area contributed by atoms with E-state index in [9.17, 15) is 23.3 Å². The van der Waals surface area contributed by atoms with Crippen molar-refractivity contribution in [1.82, 2.24) is 0 Å². The van der Waals surface area contributed by atoms with Crippen molar-refractivity contribution >= 4 is 5.69 Å². The third-order valence-corrected chi connectivity index (χ3v) is 2.66. The Morgan fingerprint density at radius 1 is 1.33 bits per heavy atom. The third-order valence-electron chi connectivity index (χ3n) is 2.66. The molecule has 0 heterocycles. The van der Waals surface area contributed by atoms with Gasteiger partial charge in [-0.1, -0.05) is 12.1 Å². The number of rotatable bonds is 4. The second-order valence-corrected chi connectivity index (χ2v) is 4.00. The van der Waals surface area contributed by atoms with Crippen LogP contribution in [-0.2, 0) is 10.3 Å². The van der Waals surface area contributed by atoms with Crippen molar-refractivity contribution in [3.05, 3.63) is 39.9 Å². The molecular weight excluding hydrogens is 251 g/mol. The molecule has 0 spiro atoms. The van der Waals surface area contributed by atoms with Crippen LogP contribution in [0.2, 0.25) is 0 Å². The van der Waals surface area contributed by atoms with Gasteiger partial charge in [0.25, 0.3) is 5.69 Å². The van der Waals surface area contributed by atoms with Crippen molar-refractivity contribution < 1.29 is 22.8 Å². The predicted octanol–water partition coefficient (Wildman–Crippen LogP) is 3.41. The van der Waals surface area contributed by atoms with Crippen molar-refractivity contribution in [2.75, 3.05) is 7.11 Å². The van der Waals surface area contributed by atoms with E-state index in [-0.39, 0.29) is 11.3 Å². The van der Waals surface area contributed by atoms with Gasteiger partial charge in [0, 0.05) is 13.2 Å². The maximum atomic E-state index is 12.5. The number of hydrogen-bond acceptors (Lipinski definition) is 3. The fourth-order valence-electron chi connectivity index (χ4n) is 1.74. The zero-order chi connectivity index (χ0) is 14.0. The molecule has 0 aromatic heterocycles. The number of hydrogen-bond donors (Lipinski definition) is 0. The van der Waals surface area contributed by atoms with E-state index < -0.39 is 23.1 Å². The zero-order valence-corrected chi connectivity index (χ0v) is 9.82. The van der Waals surface area contributed by atoms with E-state index in [0.29, 0.717) is 0 Å². The van der Waals surface area contributed by atoms with Crippen LogP contribution in [0.1, 0.15) is 18.9 Å². The predicted molar refractivity (Wildman–Crippen MR) is 58.1 cm³/mol. The minimum Gasteiger partial charge on any atom is -0.373 e. The third kappa shape index (κ3) is 3.19. The summed E-state index contributed by atoms with van der Waals surface area (Å²) in [5.74, 6) is 0. The average Bonchev–Trinajstić information content (AvgIpc) is 2.26. The van der Waals surface area contributed by atoms with E-state index in [4.69, 9.17) is 4.74 Å². The first-order valence-electron chi connectivity index (χ1n) is 5.05. The normalized spacial score (nSPS) is 15.2. The van der Waals surface area contributed by atoms with Gasteiger partial charge < -0.3 is 4.74 Å². The lowest BCUT2D eigenvalue weighted by atomic mass is 9.90. The molecule has 0 aliphatic carbocycles. The van der Waals surface area contributed by atoms with Crippen molar-refractivity contribution in [3.8, 4) is 0 Å². The number of nitrogens with zero attached hydrogens (tertiary/aromatic N) is 1. The molecule has 0 saturated carbocycles. The van der Waals surface area contributed by atoms with Crippen molar-refractivity contribution in [2.24, 2.45) is 0 Å². The van der Waals surface area contributed by atoms with Crippen molar-refractivity contribution in [3.63, 3.8) is 0 Å². The lowest BCUT2D eigenvalue weighted by Crippen LogP contribution is -2.32. The van der Waals surface area contributed by atoms with Gasteiger partial charge in [-0.15, -0.1) is 0 Å². The molecule has 1 aromatic rings. The molecule has 0 saturated heterocycles. The molecule has 100 valence electrons. The average molecular weight is 263 g/mol. The molecule has 1 atom stereocenters. The van der Waals surface area contributed by atoms with E-state index in [1.54, 1.807) is 0 Å². The Balaban J connectivity index is 3.28.